The van der Waals surface area contributed by atoms with Crippen LogP contribution >= 0.6 is 0 Å². The minimum absolute atomic E-state index is 0.0543. The average molecular weight is 272 g/mol. The van der Waals surface area contributed by atoms with E-state index in [2.05, 4.69) is 0 Å². The molecule has 0 aromatic heterocycles. The normalized spacial score (nSPS) is 42.9. The Hall–Kier alpha value is -1.78. The smallest absolute Gasteiger partial charge is 0.155 e. The Morgan fingerprint density at radius 1 is 0.600 bits per heavy atom. The molecule has 1 fully saturated rings. The number of carbonyl (C=O) groups is 2. The van der Waals surface area contributed by atoms with Crippen molar-refractivity contribution < 1.29 is 19.8 Å². The van der Waals surface area contributed by atoms with Gasteiger partial charge in [0.15, 0.2) is 11.6 Å². The van der Waals surface area contributed by atoms with E-state index in [0.717, 1.165) is 0 Å². The molecule has 0 aromatic carbocycles. The Kier molecular flexibility index (Phi) is 3.28. The van der Waals surface area contributed by atoms with Crippen molar-refractivity contribution in [3.8, 4) is 0 Å². The number of aliphatic hydroxyl groups is 2. The summed E-state index contributed by atoms with van der Waals surface area (Å²) in [5.74, 6) is -1.82. The lowest BCUT2D eigenvalue weighted by Crippen LogP contribution is -2.54. The minimum atomic E-state index is -0.627. The maximum Gasteiger partial charge on any atom is 0.155 e. The van der Waals surface area contributed by atoms with Crippen LogP contribution in [-0.2, 0) is 9.59 Å². The first-order chi connectivity index (χ1) is 9.58. The summed E-state index contributed by atoms with van der Waals surface area (Å²) in [5.41, 5.74) is 0. The monoisotopic (exact) mass is 272 g/mol. The van der Waals surface area contributed by atoms with Crippen molar-refractivity contribution in [2.45, 2.75) is 12.2 Å². The number of aliphatic hydroxyl groups excluding tert-OH is 2. The van der Waals surface area contributed by atoms with Gasteiger partial charge in [0.25, 0.3) is 0 Å². The van der Waals surface area contributed by atoms with Gasteiger partial charge in [-0.05, 0) is 0 Å². The third-order valence-electron chi connectivity index (χ3n) is 4.12. The molecule has 3 rings (SSSR count). The van der Waals surface area contributed by atoms with E-state index < -0.39 is 24.0 Å². The molecule has 0 bridgehead atoms. The highest BCUT2D eigenvalue weighted by atomic mass is 16.3. The molecule has 104 valence electrons. The molecule has 0 unspecified atom stereocenters. The first-order valence-corrected chi connectivity index (χ1v) is 6.75. The first kappa shape index (κ1) is 13.2. The molecule has 2 N–H and O–H groups in total. The second-order valence-electron chi connectivity index (χ2n) is 5.44. The number of allylic oxidation sites excluding steroid dienone is 4. The SMILES string of the molecule is O=C1C(C2C=CC(O)C=C2)C(=O)C1C1C=CC(O)C=C1. The number of hydrogen-bond donors (Lipinski definition) is 2. The highest BCUT2D eigenvalue weighted by Gasteiger charge is 2.53. The summed E-state index contributed by atoms with van der Waals surface area (Å²) in [6.45, 7) is 0. The van der Waals surface area contributed by atoms with Crippen LogP contribution in [0.15, 0.2) is 48.6 Å². The van der Waals surface area contributed by atoms with E-state index >= 15 is 0 Å². The summed E-state index contributed by atoms with van der Waals surface area (Å²) in [7, 11) is 0. The van der Waals surface area contributed by atoms with Gasteiger partial charge in [-0.2, -0.15) is 0 Å². The Balaban J connectivity index is 1.71. The molecule has 0 spiro atoms. The zero-order chi connectivity index (χ0) is 14.3. The van der Waals surface area contributed by atoms with Gasteiger partial charge in [0.05, 0.1) is 24.0 Å². The van der Waals surface area contributed by atoms with Gasteiger partial charge in [-0.15, -0.1) is 0 Å². The lowest BCUT2D eigenvalue weighted by Gasteiger charge is -2.38. The molecular formula is C16H16O4. The van der Waals surface area contributed by atoms with E-state index in [1.807, 2.05) is 0 Å². The third kappa shape index (κ3) is 2.11. The maximum atomic E-state index is 12.3. The molecule has 4 nitrogen and oxygen atoms in total. The third-order valence-corrected chi connectivity index (χ3v) is 4.12. The van der Waals surface area contributed by atoms with Crippen LogP contribution < -0.4 is 0 Å². The molecule has 3 aliphatic rings. The van der Waals surface area contributed by atoms with Gasteiger partial charge in [-0.3, -0.25) is 9.59 Å². The molecule has 0 saturated heterocycles. The summed E-state index contributed by atoms with van der Waals surface area (Å²) in [4.78, 5) is 24.5. The van der Waals surface area contributed by atoms with Crippen LogP contribution in [-0.4, -0.2) is 34.0 Å². The topological polar surface area (TPSA) is 74.6 Å². The van der Waals surface area contributed by atoms with Gasteiger partial charge in [0, 0.05) is 11.8 Å². The van der Waals surface area contributed by atoms with Crippen molar-refractivity contribution in [1.29, 1.82) is 0 Å². The highest BCUT2D eigenvalue weighted by Crippen LogP contribution is 2.40. The van der Waals surface area contributed by atoms with E-state index in [-0.39, 0.29) is 23.4 Å². The molecule has 3 aliphatic carbocycles. The van der Waals surface area contributed by atoms with Crippen LogP contribution in [0.1, 0.15) is 0 Å². The number of carbonyl (C=O) groups excluding carboxylic acids is 2. The number of Topliss-reactive ketones (excluding diaryl/α,β-unsaturated/α-hetero) is 2. The van der Waals surface area contributed by atoms with Crippen LogP contribution in [0.5, 0.6) is 0 Å². The second-order valence-corrected chi connectivity index (χ2v) is 5.44. The van der Waals surface area contributed by atoms with E-state index in [1.165, 1.54) is 0 Å². The Labute approximate surface area is 116 Å². The molecule has 0 aliphatic heterocycles. The summed E-state index contributed by atoms with van der Waals surface area (Å²) in [6.07, 6.45) is 12.0. The lowest BCUT2D eigenvalue weighted by atomic mass is 9.60. The van der Waals surface area contributed by atoms with Crippen LogP contribution in [0.4, 0.5) is 0 Å². The fourth-order valence-electron chi connectivity index (χ4n) is 3.00. The van der Waals surface area contributed by atoms with Crippen LogP contribution in [0.3, 0.4) is 0 Å². The largest absolute Gasteiger partial charge is 0.385 e. The zero-order valence-corrected chi connectivity index (χ0v) is 10.8. The van der Waals surface area contributed by atoms with Crippen LogP contribution in [0, 0.1) is 23.7 Å². The quantitative estimate of drug-likeness (QED) is 0.569. The predicted octanol–water partition coefficient (Wildman–Crippen LogP) is 0.577. The van der Waals surface area contributed by atoms with E-state index in [4.69, 9.17) is 0 Å². The Morgan fingerprint density at radius 2 is 0.900 bits per heavy atom. The van der Waals surface area contributed by atoms with Crippen molar-refractivity contribution in [1.82, 2.24) is 0 Å². The number of hydrogen-bond acceptors (Lipinski definition) is 4. The van der Waals surface area contributed by atoms with E-state index in [1.54, 1.807) is 48.6 Å². The van der Waals surface area contributed by atoms with Gasteiger partial charge < -0.3 is 10.2 Å². The second kappa shape index (κ2) is 4.96. The van der Waals surface area contributed by atoms with Gasteiger partial charge in [-0.1, -0.05) is 48.6 Å². The summed E-state index contributed by atoms with van der Waals surface area (Å²) < 4.78 is 0. The summed E-state index contributed by atoms with van der Waals surface area (Å²) in [5, 5.41) is 18.7. The summed E-state index contributed by atoms with van der Waals surface area (Å²) in [6, 6.07) is 0. The van der Waals surface area contributed by atoms with Crippen molar-refractivity contribution in [3.05, 3.63) is 48.6 Å². The van der Waals surface area contributed by atoms with Gasteiger partial charge in [-0.25, -0.2) is 0 Å². The van der Waals surface area contributed by atoms with Crippen molar-refractivity contribution >= 4 is 11.6 Å². The number of ketones is 2. The van der Waals surface area contributed by atoms with Crippen molar-refractivity contribution in [3.63, 3.8) is 0 Å². The van der Waals surface area contributed by atoms with Gasteiger partial charge in [0.2, 0.25) is 0 Å². The molecular weight excluding hydrogens is 256 g/mol. The fraction of sp³-hybridized carbons (Fsp3) is 0.375. The molecule has 0 atom stereocenters. The molecule has 0 radical (unpaired) electrons. The van der Waals surface area contributed by atoms with Crippen LogP contribution in [0.25, 0.3) is 0 Å². The molecule has 0 amide bonds. The molecule has 20 heavy (non-hydrogen) atoms. The number of rotatable bonds is 2. The standard InChI is InChI=1S/C16H16O4/c17-11-5-1-9(2-6-11)13-15(19)14(16(13)20)10-3-7-12(18)8-4-10/h1-14,17-18H. The molecule has 0 aromatic rings. The molecule has 1 saturated carbocycles. The van der Waals surface area contributed by atoms with Gasteiger partial charge in [0.1, 0.15) is 0 Å². The fourth-order valence-corrected chi connectivity index (χ4v) is 3.00. The van der Waals surface area contributed by atoms with Crippen molar-refractivity contribution in [2.24, 2.45) is 23.7 Å². The predicted molar refractivity (Wildman–Crippen MR) is 72.5 cm³/mol. The average Bonchev–Trinajstić information content (AvgIpc) is 2.44. The molecule has 0 heterocycles. The zero-order valence-electron chi connectivity index (χ0n) is 10.8. The van der Waals surface area contributed by atoms with E-state index in [9.17, 15) is 19.8 Å². The summed E-state index contributed by atoms with van der Waals surface area (Å²) >= 11 is 0. The first-order valence-electron chi connectivity index (χ1n) is 6.75. The van der Waals surface area contributed by atoms with Gasteiger partial charge >= 0.3 is 0 Å². The van der Waals surface area contributed by atoms with E-state index in [0.29, 0.717) is 0 Å². The Morgan fingerprint density at radius 3 is 1.20 bits per heavy atom. The Bertz CT molecular complexity index is 465. The lowest BCUT2D eigenvalue weighted by molar-refractivity contribution is -0.153. The van der Waals surface area contributed by atoms with Crippen LogP contribution in [0.2, 0.25) is 0 Å². The van der Waals surface area contributed by atoms with Crippen molar-refractivity contribution in [2.75, 3.05) is 0 Å². The molecule has 4 heteroatoms. The maximum absolute atomic E-state index is 12.3. The highest BCUT2D eigenvalue weighted by molar-refractivity contribution is 6.24. The minimum Gasteiger partial charge on any atom is -0.385 e.